The Morgan fingerprint density at radius 1 is 1.30 bits per heavy atom. The number of hydrogen-bond donors (Lipinski definition) is 0. The van der Waals surface area contributed by atoms with E-state index in [0.29, 0.717) is 29.1 Å². The quantitative estimate of drug-likeness (QED) is 0.692. The van der Waals surface area contributed by atoms with Crippen LogP contribution in [0.3, 0.4) is 0 Å². The minimum absolute atomic E-state index is 0.143. The molecule has 4 rings (SSSR count). The molecule has 0 N–H and O–H groups in total. The van der Waals surface area contributed by atoms with Gasteiger partial charge in [0.2, 0.25) is 0 Å². The number of nitrogens with zero attached hydrogens (tertiary/aromatic N) is 4. The zero-order valence-electron chi connectivity index (χ0n) is 15.2. The smallest absolute Gasteiger partial charge is 0.410 e. The van der Waals surface area contributed by atoms with Crippen LogP contribution in [-0.2, 0) is 13.5 Å². The van der Waals surface area contributed by atoms with E-state index in [1.165, 1.54) is 11.3 Å². The number of carbonyl (C=O) groups is 1. The van der Waals surface area contributed by atoms with E-state index in [1.54, 1.807) is 28.6 Å². The monoisotopic (exact) mass is 384 g/mol. The van der Waals surface area contributed by atoms with Crippen LogP contribution in [0.5, 0.6) is 5.75 Å². The molecule has 1 aliphatic rings. The minimum atomic E-state index is -0.391. The number of benzene rings is 1. The van der Waals surface area contributed by atoms with E-state index in [1.807, 2.05) is 25.1 Å². The van der Waals surface area contributed by atoms with Crippen molar-refractivity contribution < 1.29 is 9.53 Å². The summed E-state index contributed by atoms with van der Waals surface area (Å²) in [5, 5.41) is 0.741. The normalized spacial score (nSPS) is 16.8. The summed E-state index contributed by atoms with van der Waals surface area (Å²) in [5.74, 6) is 1.25. The second kappa shape index (κ2) is 7.11. The maximum atomic E-state index is 12.6. The molecule has 7 nitrogen and oxygen atoms in total. The van der Waals surface area contributed by atoms with Gasteiger partial charge in [0.15, 0.2) is 10.3 Å². The molecular formula is C19H20N4O3S. The van der Waals surface area contributed by atoms with Crippen LogP contribution in [0.25, 0.3) is 10.3 Å². The molecule has 1 amide bonds. The molecule has 2 aromatic heterocycles. The molecule has 1 aliphatic heterocycles. The average molecular weight is 384 g/mol. The van der Waals surface area contributed by atoms with Crippen LogP contribution < -0.4 is 10.3 Å². The lowest BCUT2D eigenvalue weighted by atomic mass is 10.2. The fraction of sp³-hybridized carbons (Fsp3) is 0.368. The number of ether oxygens (including phenoxy) is 1. The molecule has 0 aliphatic carbocycles. The summed E-state index contributed by atoms with van der Waals surface area (Å²) in [4.78, 5) is 36.6. The first kappa shape index (κ1) is 17.7. The molecule has 140 valence electrons. The molecule has 1 atom stereocenters. The molecule has 1 fully saturated rings. The Morgan fingerprint density at radius 3 is 2.81 bits per heavy atom. The highest BCUT2D eigenvalue weighted by Crippen LogP contribution is 2.36. The Bertz CT molecular complexity index is 1040. The molecule has 1 unspecified atom stereocenters. The van der Waals surface area contributed by atoms with Gasteiger partial charge < -0.3 is 4.74 Å². The average Bonchev–Trinajstić information content (AvgIpc) is 3.32. The molecule has 0 bridgehead atoms. The molecule has 3 aromatic rings. The summed E-state index contributed by atoms with van der Waals surface area (Å²) in [7, 11) is 1.71. The lowest BCUT2D eigenvalue weighted by Crippen LogP contribution is -2.33. The maximum absolute atomic E-state index is 12.6. The third-order valence-electron chi connectivity index (χ3n) is 4.79. The Balaban J connectivity index is 1.65. The lowest BCUT2D eigenvalue weighted by Gasteiger charge is -2.22. The maximum Gasteiger partial charge on any atom is 0.415 e. The van der Waals surface area contributed by atoms with E-state index in [9.17, 15) is 9.59 Å². The van der Waals surface area contributed by atoms with Gasteiger partial charge in [-0.2, -0.15) is 0 Å². The molecule has 8 heteroatoms. The van der Waals surface area contributed by atoms with Gasteiger partial charge in [-0.15, -0.1) is 0 Å². The molecule has 0 saturated carbocycles. The van der Waals surface area contributed by atoms with E-state index in [-0.39, 0.29) is 11.6 Å². The number of likely N-dealkylation sites (tertiary alicyclic amines) is 1. The van der Waals surface area contributed by atoms with Crippen molar-refractivity contribution in [1.29, 1.82) is 0 Å². The Labute approximate surface area is 160 Å². The Kier molecular flexibility index (Phi) is 4.65. The number of aromatic nitrogens is 3. The van der Waals surface area contributed by atoms with E-state index in [0.717, 1.165) is 23.7 Å². The van der Waals surface area contributed by atoms with Gasteiger partial charge in [-0.05, 0) is 25.0 Å². The second-order valence-electron chi connectivity index (χ2n) is 6.48. The summed E-state index contributed by atoms with van der Waals surface area (Å²) in [6.07, 6.45) is 1.95. The van der Waals surface area contributed by atoms with Crippen molar-refractivity contribution in [2.45, 2.75) is 32.2 Å². The van der Waals surface area contributed by atoms with Crippen LogP contribution in [-0.4, -0.2) is 32.1 Å². The van der Waals surface area contributed by atoms with Gasteiger partial charge >= 0.3 is 6.09 Å². The third-order valence-corrected chi connectivity index (χ3v) is 5.84. The van der Waals surface area contributed by atoms with Crippen LogP contribution in [0, 0.1) is 0 Å². The van der Waals surface area contributed by atoms with Gasteiger partial charge in [0, 0.05) is 20.0 Å². The number of rotatable bonds is 3. The summed E-state index contributed by atoms with van der Waals surface area (Å²) >= 11 is 1.39. The Morgan fingerprint density at radius 2 is 2.07 bits per heavy atom. The van der Waals surface area contributed by atoms with Gasteiger partial charge in [-0.1, -0.05) is 36.5 Å². The van der Waals surface area contributed by atoms with Crippen molar-refractivity contribution >= 4 is 27.8 Å². The first-order valence-corrected chi connectivity index (χ1v) is 9.80. The zero-order valence-corrected chi connectivity index (χ0v) is 16.0. The lowest BCUT2D eigenvalue weighted by molar-refractivity contribution is 0.147. The molecule has 3 heterocycles. The zero-order chi connectivity index (χ0) is 19.0. The molecular weight excluding hydrogens is 364 g/mol. The predicted octanol–water partition coefficient (Wildman–Crippen LogP) is 3.29. The van der Waals surface area contributed by atoms with E-state index in [4.69, 9.17) is 4.74 Å². The topological polar surface area (TPSA) is 77.3 Å². The summed E-state index contributed by atoms with van der Waals surface area (Å²) in [5.41, 5.74) is 0.230. The van der Waals surface area contributed by atoms with Gasteiger partial charge in [0.05, 0.1) is 6.04 Å². The van der Waals surface area contributed by atoms with Crippen molar-refractivity contribution in [3.8, 4) is 5.75 Å². The highest BCUT2D eigenvalue weighted by molar-refractivity contribution is 7.18. The highest BCUT2D eigenvalue weighted by Gasteiger charge is 2.34. The van der Waals surface area contributed by atoms with Crippen LogP contribution in [0.2, 0.25) is 0 Å². The fourth-order valence-electron chi connectivity index (χ4n) is 3.36. The van der Waals surface area contributed by atoms with Crippen LogP contribution >= 0.6 is 11.3 Å². The van der Waals surface area contributed by atoms with Crippen molar-refractivity contribution in [2.24, 2.45) is 7.05 Å². The van der Waals surface area contributed by atoms with E-state index >= 15 is 0 Å². The first-order valence-electron chi connectivity index (χ1n) is 8.98. The summed E-state index contributed by atoms with van der Waals surface area (Å²) in [6.45, 7) is 2.58. The number of hydrogen-bond acceptors (Lipinski definition) is 6. The van der Waals surface area contributed by atoms with Gasteiger partial charge in [0.1, 0.15) is 16.6 Å². The predicted molar refractivity (Wildman–Crippen MR) is 103 cm³/mol. The fourth-order valence-corrected chi connectivity index (χ4v) is 4.46. The van der Waals surface area contributed by atoms with Crippen LogP contribution in [0.1, 0.15) is 36.6 Å². The standard InChI is InChI=1S/C19H20N4O3S/c1-3-14-20-17-15(18(24)22(14)2)21-16(27-17)13-10-7-11-23(13)19(25)26-12-8-5-4-6-9-12/h4-6,8-9,13H,3,7,10-11H2,1-2H3. The third kappa shape index (κ3) is 3.21. The number of amides is 1. The Hall–Kier alpha value is -2.74. The minimum Gasteiger partial charge on any atom is -0.410 e. The summed E-state index contributed by atoms with van der Waals surface area (Å²) < 4.78 is 7.03. The SMILES string of the molecule is CCc1nc2sc(C3CCCN3C(=O)Oc3ccccc3)nc2c(=O)n1C. The van der Waals surface area contributed by atoms with Gasteiger partial charge in [-0.25, -0.2) is 14.8 Å². The number of thiazole rings is 1. The van der Waals surface area contributed by atoms with Crippen molar-refractivity contribution in [3.63, 3.8) is 0 Å². The number of aryl methyl sites for hydroxylation is 1. The molecule has 0 radical (unpaired) electrons. The molecule has 1 aromatic carbocycles. The highest BCUT2D eigenvalue weighted by atomic mass is 32.1. The molecule has 27 heavy (non-hydrogen) atoms. The van der Waals surface area contributed by atoms with Crippen molar-refractivity contribution in [2.75, 3.05) is 6.54 Å². The van der Waals surface area contributed by atoms with Crippen molar-refractivity contribution in [3.05, 3.63) is 51.5 Å². The van der Waals surface area contributed by atoms with E-state index in [2.05, 4.69) is 9.97 Å². The van der Waals surface area contributed by atoms with Crippen LogP contribution in [0.4, 0.5) is 4.79 Å². The van der Waals surface area contributed by atoms with Gasteiger partial charge in [0.25, 0.3) is 5.56 Å². The molecule has 0 spiro atoms. The number of fused-ring (bicyclic) bond motifs is 1. The van der Waals surface area contributed by atoms with Crippen LogP contribution in [0.15, 0.2) is 35.1 Å². The largest absolute Gasteiger partial charge is 0.415 e. The second-order valence-corrected chi connectivity index (χ2v) is 7.49. The van der Waals surface area contributed by atoms with Crippen molar-refractivity contribution in [1.82, 2.24) is 19.4 Å². The first-order chi connectivity index (χ1) is 13.1. The van der Waals surface area contributed by atoms with E-state index < -0.39 is 6.09 Å². The van der Waals surface area contributed by atoms with Gasteiger partial charge in [-0.3, -0.25) is 14.3 Å². The number of carbonyl (C=O) groups excluding carboxylic acids is 1. The molecule has 1 saturated heterocycles. The summed E-state index contributed by atoms with van der Waals surface area (Å²) in [6, 6.07) is 8.83. The number of para-hydroxylation sites is 1.